The molecule has 0 saturated carbocycles. The van der Waals surface area contributed by atoms with E-state index in [4.69, 9.17) is 4.74 Å². The highest BCUT2D eigenvalue weighted by Crippen LogP contribution is 2.27. The van der Waals surface area contributed by atoms with E-state index in [0.717, 1.165) is 25.1 Å². The van der Waals surface area contributed by atoms with Gasteiger partial charge in [-0.1, -0.05) is 0 Å². The van der Waals surface area contributed by atoms with E-state index in [-0.39, 0.29) is 11.7 Å². The van der Waals surface area contributed by atoms with Gasteiger partial charge in [-0.3, -0.25) is 0 Å². The first-order valence-electron chi connectivity index (χ1n) is 6.32. The van der Waals surface area contributed by atoms with Crippen molar-refractivity contribution in [2.45, 2.75) is 12.8 Å². The Bertz CT molecular complexity index is 553. The second kappa shape index (κ2) is 4.46. The van der Waals surface area contributed by atoms with Gasteiger partial charge in [-0.05, 0) is 36.6 Å². The van der Waals surface area contributed by atoms with Crippen LogP contribution in [-0.2, 0) is 16.3 Å². The van der Waals surface area contributed by atoms with Gasteiger partial charge in [0, 0.05) is 18.2 Å². The summed E-state index contributed by atoms with van der Waals surface area (Å²) in [5.41, 5.74) is 2.47. The third-order valence-corrected chi connectivity index (χ3v) is 5.44. The Morgan fingerprint density at radius 3 is 3.06 bits per heavy atom. The molecule has 0 radical (unpaired) electrons. The lowest BCUT2D eigenvalue weighted by molar-refractivity contribution is 0.263. The lowest BCUT2D eigenvalue weighted by atomic mass is 10.1. The second-order valence-electron chi connectivity index (χ2n) is 5.08. The van der Waals surface area contributed by atoms with E-state index in [9.17, 15) is 8.42 Å². The van der Waals surface area contributed by atoms with Crippen molar-refractivity contribution < 1.29 is 13.2 Å². The van der Waals surface area contributed by atoms with E-state index in [2.05, 4.69) is 11.4 Å². The summed E-state index contributed by atoms with van der Waals surface area (Å²) in [6.07, 6.45) is 1.76. The Balaban J connectivity index is 1.61. The van der Waals surface area contributed by atoms with Gasteiger partial charge in [0.05, 0.1) is 18.1 Å². The first kappa shape index (κ1) is 11.8. The zero-order valence-corrected chi connectivity index (χ0v) is 11.0. The Kier molecular flexibility index (Phi) is 2.93. The Morgan fingerprint density at radius 1 is 1.39 bits per heavy atom. The van der Waals surface area contributed by atoms with Gasteiger partial charge >= 0.3 is 0 Å². The van der Waals surface area contributed by atoms with Crippen LogP contribution >= 0.6 is 0 Å². The zero-order valence-electron chi connectivity index (χ0n) is 10.2. The minimum absolute atomic E-state index is 0.154. The molecule has 2 aliphatic heterocycles. The van der Waals surface area contributed by atoms with Crippen LogP contribution in [0.1, 0.15) is 12.0 Å². The Labute approximate surface area is 107 Å². The number of fused-ring (bicyclic) bond motifs is 1. The van der Waals surface area contributed by atoms with Crippen molar-refractivity contribution in [3.63, 3.8) is 0 Å². The van der Waals surface area contributed by atoms with E-state index in [0.29, 0.717) is 12.4 Å². The van der Waals surface area contributed by atoms with Crippen LogP contribution < -0.4 is 10.1 Å². The molecule has 1 aromatic rings. The van der Waals surface area contributed by atoms with Crippen molar-refractivity contribution in [3.05, 3.63) is 23.8 Å². The average Bonchev–Trinajstić information content (AvgIpc) is 2.92. The third kappa shape index (κ3) is 2.46. The topological polar surface area (TPSA) is 55.4 Å². The summed E-state index contributed by atoms with van der Waals surface area (Å²) in [4.78, 5) is 0. The number of benzene rings is 1. The van der Waals surface area contributed by atoms with Crippen LogP contribution in [0.25, 0.3) is 0 Å². The molecule has 0 bridgehead atoms. The molecule has 3 rings (SSSR count). The van der Waals surface area contributed by atoms with Crippen molar-refractivity contribution in [3.8, 4) is 5.75 Å². The predicted molar refractivity (Wildman–Crippen MR) is 70.9 cm³/mol. The molecule has 0 aromatic heterocycles. The van der Waals surface area contributed by atoms with Crippen LogP contribution in [0, 0.1) is 5.92 Å². The normalized spacial score (nSPS) is 24.6. The van der Waals surface area contributed by atoms with Crippen LogP contribution in [0.5, 0.6) is 5.75 Å². The molecule has 0 spiro atoms. The number of anilines is 1. The van der Waals surface area contributed by atoms with Crippen molar-refractivity contribution in [2.24, 2.45) is 5.92 Å². The van der Waals surface area contributed by atoms with Gasteiger partial charge in [0.1, 0.15) is 5.75 Å². The second-order valence-corrected chi connectivity index (χ2v) is 7.30. The van der Waals surface area contributed by atoms with E-state index in [1.807, 2.05) is 12.1 Å². The van der Waals surface area contributed by atoms with Gasteiger partial charge < -0.3 is 10.1 Å². The predicted octanol–water partition coefficient (Wildman–Crippen LogP) is 1.47. The standard InChI is InChI=1S/C13H17NO3S/c15-18(16)6-4-10(9-18)8-17-12-1-2-13-11(7-12)3-5-14-13/h1-2,7,10,14H,3-6,8-9H2. The molecule has 2 aliphatic rings. The van der Waals surface area contributed by atoms with Gasteiger partial charge in [-0.15, -0.1) is 0 Å². The molecule has 0 amide bonds. The molecule has 1 aromatic carbocycles. The molecule has 1 N–H and O–H groups in total. The van der Waals surface area contributed by atoms with Gasteiger partial charge in [0.25, 0.3) is 0 Å². The Hall–Kier alpha value is -1.23. The van der Waals surface area contributed by atoms with E-state index >= 15 is 0 Å². The average molecular weight is 267 g/mol. The number of rotatable bonds is 3. The summed E-state index contributed by atoms with van der Waals surface area (Å²) < 4.78 is 28.4. The summed E-state index contributed by atoms with van der Waals surface area (Å²) in [5.74, 6) is 1.59. The summed E-state index contributed by atoms with van der Waals surface area (Å²) in [7, 11) is -2.80. The van der Waals surface area contributed by atoms with E-state index in [1.165, 1.54) is 11.3 Å². The molecule has 1 atom stereocenters. The maximum atomic E-state index is 11.3. The van der Waals surface area contributed by atoms with Crippen molar-refractivity contribution in [1.82, 2.24) is 0 Å². The van der Waals surface area contributed by atoms with Crippen molar-refractivity contribution in [2.75, 3.05) is 30.0 Å². The molecule has 1 saturated heterocycles. The Morgan fingerprint density at radius 2 is 2.28 bits per heavy atom. The lowest BCUT2D eigenvalue weighted by Gasteiger charge is -2.11. The zero-order chi connectivity index (χ0) is 12.6. The minimum atomic E-state index is -2.80. The third-order valence-electron chi connectivity index (χ3n) is 3.60. The molecule has 18 heavy (non-hydrogen) atoms. The number of hydrogen-bond donors (Lipinski definition) is 1. The van der Waals surface area contributed by atoms with Crippen LogP contribution in [0.2, 0.25) is 0 Å². The summed E-state index contributed by atoms with van der Waals surface area (Å²) in [6, 6.07) is 6.03. The fourth-order valence-electron chi connectivity index (χ4n) is 2.59. The van der Waals surface area contributed by atoms with Gasteiger partial charge in [-0.2, -0.15) is 0 Å². The first-order valence-corrected chi connectivity index (χ1v) is 8.14. The van der Waals surface area contributed by atoms with Crippen LogP contribution in [-0.4, -0.2) is 33.1 Å². The minimum Gasteiger partial charge on any atom is -0.493 e. The highest BCUT2D eigenvalue weighted by molar-refractivity contribution is 7.91. The smallest absolute Gasteiger partial charge is 0.150 e. The van der Waals surface area contributed by atoms with E-state index < -0.39 is 9.84 Å². The van der Waals surface area contributed by atoms with Crippen LogP contribution in [0.15, 0.2) is 18.2 Å². The quantitative estimate of drug-likeness (QED) is 0.901. The summed E-state index contributed by atoms with van der Waals surface area (Å²) >= 11 is 0. The van der Waals surface area contributed by atoms with Crippen LogP contribution in [0.4, 0.5) is 5.69 Å². The molecule has 1 fully saturated rings. The SMILES string of the molecule is O=S1(=O)CCC(COc2ccc3c(c2)CCN3)C1. The summed E-state index contributed by atoms with van der Waals surface area (Å²) in [5, 5.41) is 3.30. The first-order chi connectivity index (χ1) is 8.62. The molecule has 98 valence electrons. The number of hydrogen-bond acceptors (Lipinski definition) is 4. The van der Waals surface area contributed by atoms with Gasteiger partial charge in [-0.25, -0.2) is 8.42 Å². The van der Waals surface area contributed by atoms with Crippen molar-refractivity contribution in [1.29, 1.82) is 0 Å². The highest BCUT2D eigenvalue weighted by Gasteiger charge is 2.28. The number of nitrogens with one attached hydrogen (secondary N) is 1. The number of sulfone groups is 1. The summed E-state index contributed by atoms with van der Waals surface area (Å²) in [6.45, 7) is 1.49. The van der Waals surface area contributed by atoms with Gasteiger partial charge in [0.2, 0.25) is 0 Å². The largest absolute Gasteiger partial charge is 0.493 e. The molecular weight excluding hydrogens is 250 g/mol. The lowest BCUT2D eigenvalue weighted by Crippen LogP contribution is -2.13. The van der Waals surface area contributed by atoms with Crippen LogP contribution in [0.3, 0.4) is 0 Å². The molecule has 1 unspecified atom stereocenters. The fourth-order valence-corrected chi connectivity index (χ4v) is 4.43. The molecule has 2 heterocycles. The van der Waals surface area contributed by atoms with Crippen molar-refractivity contribution >= 4 is 15.5 Å². The molecule has 0 aliphatic carbocycles. The van der Waals surface area contributed by atoms with E-state index in [1.54, 1.807) is 0 Å². The fraction of sp³-hybridized carbons (Fsp3) is 0.538. The molecule has 4 nitrogen and oxygen atoms in total. The molecule has 5 heteroatoms. The highest BCUT2D eigenvalue weighted by atomic mass is 32.2. The maximum absolute atomic E-state index is 11.3. The monoisotopic (exact) mass is 267 g/mol. The number of ether oxygens (including phenoxy) is 1. The molecular formula is C13H17NO3S. The maximum Gasteiger partial charge on any atom is 0.150 e. The van der Waals surface area contributed by atoms with Gasteiger partial charge in [0.15, 0.2) is 9.84 Å².